The maximum absolute atomic E-state index is 12.9. The van der Waals surface area contributed by atoms with Gasteiger partial charge in [-0.2, -0.15) is 0 Å². The van der Waals surface area contributed by atoms with Gasteiger partial charge in [-0.3, -0.25) is 9.80 Å². The van der Waals surface area contributed by atoms with Crippen molar-refractivity contribution in [2.75, 3.05) is 20.3 Å². The van der Waals surface area contributed by atoms with Crippen LogP contribution in [0.1, 0.15) is 32.8 Å². The number of hydrogen-bond acceptors (Lipinski definition) is 6. The maximum Gasteiger partial charge on any atom is 0.411 e. The van der Waals surface area contributed by atoms with Crippen LogP contribution >= 0.6 is 34.8 Å². The molecule has 1 aliphatic rings. The molecule has 1 saturated heterocycles. The monoisotopic (exact) mass is 508 g/mol. The number of ether oxygens (including phenoxy) is 3. The molecule has 1 aromatic rings. The summed E-state index contributed by atoms with van der Waals surface area (Å²) in [4.78, 5) is 40.7. The van der Waals surface area contributed by atoms with Crippen molar-refractivity contribution in [1.29, 1.82) is 0 Å². The Labute approximate surface area is 202 Å². The Morgan fingerprint density at radius 1 is 1.12 bits per heavy atom. The summed E-state index contributed by atoms with van der Waals surface area (Å²) in [7, 11) is 1.24. The Bertz CT molecular complexity index is 810. The lowest BCUT2D eigenvalue weighted by atomic mass is 10.1. The molecule has 2 unspecified atom stereocenters. The van der Waals surface area contributed by atoms with Gasteiger partial charge in [-0.1, -0.05) is 65.1 Å². The highest BCUT2D eigenvalue weighted by atomic mass is 35.6. The molecule has 2 atom stereocenters. The lowest BCUT2D eigenvalue weighted by molar-refractivity contribution is -0.145. The van der Waals surface area contributed by atoms with Crippen molar-refractivity contribution in [1.82, 2.24) is 9.80 Å². The van der Waals surface area contributed by atoms with E-state index >= 15 is 0 Å². The van der Waals surface area contributed by atoms with Crippen LogP contribution in [-0.4, -0.2) is 69.7 Å². The molecule has 0 aromatic heterocycles. The van der Waals surface area contributed by atoms with E-state index in [1.165, 1.54) is 16.9 Å². The van der Waals surface area contributed by atoms with Crippen LogP contribution in [0, 0.1) is 0 Å². The molecule has 1 heterocycles. The van der Waals surface area contributed by atoms with Gasteiger partial charge in [0.2, 0.25) is 3.79 Å². The molecule has 32 heavy (non-hydrogen) atoms. The first-order valence-electron chi connectivity index (χ1n) is 9.92. The van der Waals surface area contributed by atoms with Crippen molar-refractivity contribution in [2.45, 2.75) is 55.2 Å². The Balaban J connectivity index is 2.29. The third-order valence-corrected chi connectivity index (χ3v) is 4.94. The normalized spacial score (nSPS) is 18.8. The minimum atomic E-state index is -1.78. The second-order valence-corrected chi connectivity index (χ2v) is 10.9. The van der Waals surface area contributed by atoms with Crippen molar-refractivity contribution < 1.29 is 28.6 Å². The van der Waals surface area contributed by atoms with Gasteiger partial charge in [0.15, 0.2) is 0 Å². The van der Waals surface area contributed by atoms with Gasteiger partial charge in [-0.05, 0) is 26.3 Å². The van der Waals surface area contributed by atoms with Crippen molar-refractivity contribution in [3.63, 3.8) is 0 Å². The van der Waals surface area contributed by atoms with Crippen LogP contribution in [0.25, 0.3) is 0 Å². The highest BCUT2D eigenvalue weighted by Crippen LogP contribution is 2.29. The fraction of sp³-hybridized carbons (Fsp3) is 0.571. The number of halogens is 3. The van der Waals surface area contributed by atoms with Crippen molar-refractivity contribution in [2.24, 2.45) is 0 Å². The van der Waals surface area contributed by atoms with Gasteiger partial charge >= 0.3 is 18.2 Å². The summed E-state index contributed by atoms with van der Waals surface area (Å²) in [6.07, 6.45) is -1.27. The van der Waals surface area contributed by atoms with E-state index in [0.29, 0.717) is 0 Å². The van der Waals surface area contributed by atoms with Crippen LogP contribution in [0.5, 0.6) is 0 Å². The summed E-state index contributed by atoms with van der Waals surface area (Å²) in [6.45, 7) is 4.93. The Morgan fingerprint density at radius 2 is 1.75 bits per heavy atom. The van der Waals surface area contributed by atoms with Gasteiger partial charge in [-0.25, -0.2) is 14.4 Å². The summed E-state index contributed by atoms with van der Waals surface area (Å²) in [5.74, 6) is -0.604. The number of carbonyl (C=O) groups is 3. The van der Waals surface area contributed by atoms with E-state index in [0.717, 1.165) is 5.56 Å². The van der Waals surface area contributed by atoms with Gasteiger partial charge in [0.25, 0.3) is 0 Å². The molecule has 1 aliphatic heterocycles. The number of nitrogens with zero attached hydrogens (tertiary/aromatic N) is 2. The van der Waals surface area contributed by atoms with Crippen LogP contribution in [0.2, 0.25) is 0 Å². The number of carbonyl (C=O) groups excluding carboxylic acids is 3. The van der Waals surface area contributed by atoms with E-state index in [-0.39, 0.29) is 19.5 Å². The topological polar surface area (TPSA) is 85.4 Å². The van der Waals surface area contributed by atoms with Crippen LogP contribution in [0.15, 0.2) is 30.3 Å². The van der Waals surface area contributed by atoms with Crippen LogP contribution in [0.3, 0.4) is 0 Å². The van der Waals surface area contributed by atoms with E-state index in [1.807, 2.05) is 30.3 Å². The summed E-state index contributed by atoms with van der Waals surface area (Å²) in [5, 5.41) is 0. The number of amides is 2. The SMILES string of the molecule is COC(=O)C1CC(N(Cc2ccccc2)C(=O)OCC(Cl)(Cl)Cl)CN1C(=O)OC(C)(C)C. The third kappa shape index (κ3) is 7.90. The lowest BCUT2D eigenvalue weighted by Crippen LogP contribution is -2.45. The number of alkyl halides is 3. The van der Waals surface area contributed by atoms with Crippen molar-refractivity contribution >= 4 is 53.0 Å². The fourth-order valence-corrected chi connectivity index (χ4v) is 3.43. The minimum Gasteiger partial charge on any atom is -0.467 e. The summed E-state index contributed by atoms with van der Waals surface area (Å²) < 4.78 is 13.7. The number of methoxy groups -OCH3 is 1. The average molecular weight is 510 g/mol. The zero-order chi connectivity index (χ0) is 24.1. The van der Waals surface area contributed by atoms with E-state index in [1.54, 1.807) is 20.8 Å². The highest BCUT2D eigenvalue weighted by molar-refractivity contribution is 6.67. The van der Waals surface area contributed by atoms with E-state index in [2.05, 4.69) is 0 Å². The molecule has 0 bridgehead atoms. The van der Waals surface area contributed by atoms with Gasteiger partial charge in [-0.15, -0.1) is 0 Å². The van der Waals surface area contributed by atoms with Gasteiger partial charge in [0.05, 0.1) is 13.2 Å². The molecule has 0 aliphatic carbocycles. The maximum atomic E-state index is 12.9. The molecule has 0 saturated carbocycles. The first kappa shape index (κ1) is 26.4. The molecule has 1 aromatic carbocycles. The molecule has 8 nitrogen and oxygen atoms in total. The molecular formula is C21H27Cl3N2O6. The number of benzene rings is 1. The predicted octanol–water partition coefficient (Wildman–Crippen LogP) is 4.55. The molecule has 178 valence electrons. The van der Waals surface area contributed by atoms with Gasteiger partial charge < -0.3 is 14.2 Å². The van der Waals surface area contributed by atoms with E-state index in [9.17, 15) is 14.4 Å². The predicted molar refractivity (Wildman–Crippen MR) is 121 cm³/mol. The van der Waals surface area contributed by atoms with Gasteiger partial charge in [0.1, 0.15) is 18.2 Å². The first-order chi connectivity index (χ1) is 14.8. The molecule has 0 N–H and O–H groups in total. The smallest absolute Gasteiger partial charge is 0.411 e. The highest BCUT2D eigenvalue weighted by Gasteiger charge is 2.45. The first-order valence-corrected chi connectivity index (χ1v) is 11.1. The van der Waals surface area contributed by atoms with E-state index in [4.69, 9.17) is 49.0 Å². The molecule has 11 heteroatoms. The van der Waals surface area contributed by atoms with Gasteiger partial charge in [0, 0.05) is 19.5 Å². The molecule has 0 spiro atoms. The second kappa shape index (κ2) is 10.8. The second-order valence-electron chi connectivity index (χ2n) is 8.34. The fourth-order valence-electron chi connectivity index (χ4n) is 3.27. The zero-order valence-electron chi connectivity index (χ0n) is 18.3. The average Bonchev–Trinajstić information content (AvgIpc) is 3.14. The molecule has 1 fully saturated rings. The number of hydrogen-bond donors (Lipinski definition) is 0. The number of esters is 1. The summed E-state index contributed by atoms with van der Waals surface area (Å²) in [5.41, 5.74) is 0.0618. The summed E-state index contributed by atoms with van der Waals surface area (Å²) in [6, 6.07) is 7.72. The molecule has 2 amide bonds. The van der Waals surface area contributed by atoms with E-state index < -0.39 is 46.2 Å². The van der Waals surface area contributed by atoms with Crippen LogP contribution < -0.4 is 0 Å². The van der Waals surface area contributed by atoms with Crippen LogP contribution in [-0.2, 0) is 25.5 Å². The number of likely N-dealkylation sites (tertiary alicyclic amines) is 1. The number of rotatable bonds is 5. The zero-order valence-corrected chi connectivity index (χ0v) is 20.6. The lowest BCUT2D eigenvalue weighted by Gasteiger charge is -2.29. The third-order valence-electron chi connectivity index (χ3n) is 4.61. The standard InChI is InChI=1S/C21H27Cl3N2O6/c1-20(2,3)32-19(29)26-12-15(10-16(26)17(27)30-4)25(11-14-8-6-5-7-9-14)18(28)31-13-21(22,23)24/h5-9,15-16H,10-13H2,1-4H3. The summed E-state index contributed by atoms with van der Waals surface area (Å²) >= 11 is 17.1. The quantitative estimate of drug-likeness (QED) is 0.329. The Hall–Kier alpha value is -1.90. The molecule has 2 rings (SSSR count). The van der Waals surface area contributed by atoms with Crippen molar-refractivity contribution in [3.05, 3.63) is 35.9 Å². The van der Waals surface area contributed by atoms with Crippen LogP contribution in [0.4, 0.5) is 9.59 Å². The molecular weight excluding hydrogens is 483 g/mol. The molecule has 0 radical (unpaired) electrons. The Kier molecular flexibility index (Phi) is 8.90. The Morgan fingerprint density at radius 3 is 2.28 bits per heavy atom. The minimum absolute atomic E-state index is 0.0460. The van der Waals surface area contributed by atoms with Crippen molar-refractivity contribution in [3.8, 4) is 0 Å². The largest absolute Gasteiger partial charge is 0.467 e.